The van der Waals surface area contributed by atoms with Crippen LogP contribution >= 0.6 is 11.6 Å². The van der Waals surface area contributed by atoms with Crippen molar-refractivity contribution in [3.05, 3.63) is 69.5 Å². The van der Waals surface area contributed by atoms with Gasteiger partial charge in [0.05, 0.1) is 28.0 Å². The zero-order valence-corrected chi connectivity index (χ0v) is 15.3. The molecule has 0 aliphatic rings. The van der Waals surface area contributed by atoms with Crippen molar-refractivity contribution in [2.45, 2.75) is 12.8 Å². The van der Waals surface area contributed by atoms with E-state index in [4.69, 9.17) is 16.3 Å². The summed E-state index contributed by atoms with van der Waals surface area (Å²) >= 11 is 5.81. The molecule has 0 unspecified atom stereocenters. The van der Waals surface area contributed by atoms with Crippen molar-refractivity contribution < 1.29 is 18.7 Å². The molecule has 9 heteroatoms. The Bertz CT molecular complexity index is 1100. The van der Waals surface area contributed by atoms with Crippen molar-refractivity contribution in [2.24, 2.45) is 0 Å². The number of aryl methyl sites for hydroxylation is 1. The number of rotatable bonds is 6. The zero-order chi connectivity index (χ0) is 20.1. The van der Waals surface area contributed by atoms with Gasteiger partial charge in [-0.3, -0.25) is 14.4 Å². The molecule has 2 N–H and O–H groups in total. The predicted octanol–water partition coefficient (Wildman–Crippen LogP) is 2.83. The van der Waals surface area contributed by atoms with Crippen LogP contribution in [-0.2, 0) is 20.7 Å². The Morgan fingerprint density at radius 3 is 2.79 bits per heavy atom. The third-order valence-corrected chi connectivity index (χ3v) is 4.11. The van der Waals surface area contributed by atoms with Gasteiger partial charge in [-0.15, -0.1) is 0 Å². The van der Waals surface area contributed by atoms with Gasteiger partial charge in [0.15, 0.2) is 6.61 Å². The quantitative estimate of drug-likeness (QED) is 0.616. The summed E-state index contributed by atoms with van der Waals surface area (Å²) in [5.74, 6) is -1.42. The number of hydrogen-bond donors (Lipinski definition) is 2. The Hall–Kier alpha value is -3.26. The monoisotopic (exact) mass is 403 g/mol. The summed E-state index contributed by atoms with van der Waals surface area (Å²) in [6, 6.07) is 10.4. The third-order valence-electron chi connectivity index (χ3n) is 3.80. The minimum Gasteiger partial charge on any atom is -0.456 e. The lowest BCUT2D eigenvalue weighted by atomic mass is 10.2. The highest BCUT2D eigenvalue weighted by Gasteiger charge is 2.11. The molecule has 2 aromatic carbocycles. The van der Waals surface area contributed by atoms with E-state index in [0.29, 0.717) is 16.7 Å². The summed E-state index contributed by atoms with van der Waals surface area (Å²) in [7, 11) is 0. The number of aromatic amines is 1. The number of ether oxygens (including phenoxy) is 1. The lowest BCUT2D eigenvalue weighted by Crippen LogP contribution is -2.21. The molecule has 7 nitrogen and oxygen atoms in total. The van der Waals surface area contributed by atoms with E-state index in [9.17, 15) is 18.8 Å². The number of anilines is 1. The molecule has 28 heavy (non-hydrogen) atoms. The Morgan fingerprint density at radius 2 is 2.00 bits per heavy atom. The minimum atomic E-state index is -0.629. The topological polar surface area (TPSA) is 101 Å². The van der Waals surface area contributed by atoms with Crippen LogP contribution < -0.4 is 10.9 Å². The molecule has 0 radical (unpaired) electrons. The average Bonchev–Trinajstić information content (AvgIpc) is 2.67. The maximum absolute atomic E-state index is 13.0. The van der Waals surface area contributed by atoms with E-state index in [1.807, 2.05) is 0 Å². The van der Waals surface area contributed by atoms with Gasteiger partial charge in [-0.1, -0.05) is 23.7 Å². The van der Waals surface area contributed by atoms with Crippen LogP contribution in [0.3, 0.4) is 0 Å². The number of H-pyrrole nitrogens is 1. The summed E-state index contributed by atoms with van der Waals surface area (Å²) in [6.07, 6.45) is 0.0934. The highest BCUT2D eigenvalue weighted by Crippen LogP contribution is 2.22. The van der Waals surface area contributed by atoms with Gasteiger partial charge in [-0.05, 0) is 30.3 Å². The van der Waals surface area contributed by atoms with Gasteiger partial charge < -0.3 is 15.0 Å². The lowest BCUT2D eigenvalue weighted by Gasteiger charge is -2.08. The molecule has 3 rings (SSSR count). The van der Waals surface area contributed by atoms with Gasteiger partial charge in [0.1, 0.15) is 11.6 Å². The number of para-hydroxylation sites is 1. The van der Waals surface area contributed by atoms with Gasteiger partial charge in [-0.2, -0.15) is 0 Å². The van der Waals surface area contributed by atoms with E-state index < -0.39 is 24.3 Å². The number of carbonyl (C=O) groups is 2. The van der Waals surface area contributed by atoms with E-state index in [1.54, 1.807) is 24.3 Å². The van der Waals surface area contributed by atoms with Crippen LogP contribution in [0.25, 0.3) is 10.9 Å². The fourth-order valence-electron chi connectivity index (χ4n) is 2.47. The number of hydrogen-bond acceptors (Lipinski definition) is 5. The van der Waals surface area contributed by atoms with E-state index in [0.717, 1.165) is 12.1 Å². The molecule has 0 bridgehead atoms. The number of carbonyl (C=O) groups excluding carboxylic acids is 2. The maximum Gasteiger partial charge on any atom is 0.306 e. The number of benzene rings is 2. The third kappa shape index (κ3) is 4.92. The average molecular weight is 404 g/mol. The molecule has 1 heterocycles. The van der Waals surface area contributed by atoms with E-state index >= 15 is 0 Å². The molecule has 0 spiro atoms. The van der Waals surface area contributed by atoms with Crippen molar-refractivity contribution in [3.8, 4) is 0 Å². The van der Waals surface area contributed by atoms with Gasteiger partial charge in [0.2, 0.25) is 0 Å². The van der Waals surface area contributed by atoms with Crippen molar-refractivity contribution in [3.63, 3.8) is 0 Å². The summed E-state index contributed by atoms with van der Waals surface area (Å²) in [4.78, 5) is 42.5. The molecule has 0 fully saturated rings. The number of aromatic nitrogens is 2. The summed E-state index contributed by atoms with van der Waals surface area (Å²) < 4.78 is 17.9. The number of halogens is 2. The van der Waals surface area contributed by atoms with Crippen LogP contribution in [0.4, 0.5) is 10.1 Å². The van der Waals surface area contributed by atoms with Crippen molar-refractivity contribution in [1.82, 2.24) is 9.97 Å². The number of amides is 1. The number of nitrogens with one attached hydrogen (secondary N) is 2. The molecule has 1 aromatic heterocycles. The van der Waals surface area contributed by atoms with E-state index in [2.05, 4.69) is 15.3 Å². The first-order chi connectivity index (χ1) is 13.4. The second-order valence-corrected chi connectivity index (χ2v) is 6.27. The fraction of sp³-hybridized carbons (Fsp3) is 0.158. The van der Waals surface area contributed by atoms with Gasteiger partial charge in [0, 0.05) is 6.42 Å². The molecule has 0 saturated carbocycles. The first kappa shape index (κ1) is 19.5. The smallest absolute Gasteiger partial charge is 0.306 e. The van der Waals surface area contributed by atoms with Crippen LogP contribution in [0.1, 0.15) is 12.2 Å². The van der Waals surface area contributed by atoms with Gasteiger partial charge in [0.25, 0.3) is 11.5 Å². The number of nitrogens with zero attached hydrogens (tertiary/aromatic N) is 1. The van der Waals surface area contributed by atoms with Crippen LogP contribution in [0, 0.1) is 5.82 Å². The van der Waals surface area contributed by atoms with Crippen LogP contribution in [0.2, 0.25) is 5.02 Å². The van der Waals surface area contributed by atoms with Gasteiger partial charge in [-0.25, -0.2) is 9.37 Å². The van der Waals surface area contributed by atoms with Gasteiger partial charge >= 0.3 is 5.97 Å². The molecule has 3 aromatic rings. The highest BCUT2D eigenvalue weighted by molar-refractivity contribution is 6.33. The summed E-state index contributed by atoms with van der Waals surface area (Å²) in [5, 5.41) is 2.92. The van der Waals surface area contributed by atoms with E-state index in [1.165, 1.54) is 6.07 Å². The summed E-state index contributed by atoms with van der Waals surface area (Å²) in [6.45, 7) is -0.520. The van der Waals surface area contributed by atoms with E-state index in [-0.39, 0.29) is 29.1 Å². The lowest BCUT2D eigenvalue weighted by molar-refractivity contribution is -0.147. The highest BCUT2D eigenvalue weighted by atomic mass is 35.5. The molecule has 0 aliphatic carbocycles. The standard InChI is InChI=1S/C19H15ClFN3O4/c20-13-9-11(21)5-6-15(13)23-17(25)10-28-18(26)8-7-16-22-14-4-2-1-3-12(14)19(27)24-16/h1-6,9H,7-8,10H2,(H,23,25)(H,22,24,27). The maximum atomic E-state index is 13.0. The molecular weight excluding hydrogens is 389 g/mol. The predicted molar refractivity (Wildman–Crippen MR) is 102 cm³/mol. The van der Waals surface area contributed by atoms with Crippen LogP contribution in [0.5, 0.6) is 0 Å². The molecule has 1 amide bonds. The first-order valence-electron chi connectivity index (χ1n) is 8.31. The molecule has 0 aliphatic heterocycles. The molecular formula is C19H15ClFN3O4. The Labute approximate surface area is 163 Å². The second kappa shape index (κ2) is 8.62. The van der Waals surface area contributed by atoms with Crippen molar-refractivity contribution in [2.75, 3.05) is 11.9 Å². The summed E-state index contributed by atoms with van der Waals surface area (Å²) in [5.41, 5.74) is 0.455. The SMILES string of the molecule is O=C(COC(=O)CCc1nc2ccccc2c(=O)[nH]1)Nc1ccc(F)cc1Cl. The number of esters is 1. The Morgan fingerprint density at radius 1 is 1.21 bits per heavy atom. The Balaban J connectivity index is 1.50. The fourth-order valence-corrected chi connectivity index (χ4v) is 2.68. The first-order valence-corrected chi connectivity index (χ1v) is 8.68. The molecule has 144 valence electrons. The minimum absolute atomic E-state index is 0.0333. The van der Waals surface area contributed by atoms with Crippen molar-refractivity contribution >= 4 is 40.1 Å². The van der Waals surface area contributed by atoms with Crippen molar-refractivity contribution in [1.29, 1.82) is 0 Å². The largest absolute Gasteiger partial charge is 0.456 e. The zero-order valence-electron chi connectivity index (χ0n) is 14.5. The number of fused-ring (bicyclic) bond motifs is 1. The normalized spacial score (nSPS) is 10.6. The molecule has 0 atom stereocenters. The Kier molecular flexibility index (Phi) is 6.00. The van der Waals surface area contributed by atoms with Crippen LogP contribution in [0.15, 0.2) is 47.3 Å². The molecule has 0 saturated heterocycles. The second-order valence-electron chi connectivity index (χ2n) is 5.86. The van der Waals surface area contributed by atoms with Crippen LogP contribution in [-0.4, -0.2) is 28.5 Å².